The summed E-state index contributed by atoms with van der Waals surface area (Å²) in [5.41, 5.74) is 2.02. The number of carbonyl (C=O) groups is 1. The van der Waals surface area contributed by atoms with Crippen molar-refractivity contribution >= 4 is 5.91 Å². The lowest BCUT2D eigenvalue weighted by Gasteiger charge is -2.18. The summed E-state index contributed by atoms with van der Waals surface area (Å²) in [4.78, 5) is 12.5. The van der Waals surface area contributed by atoms with Crippen molar-refractivity contribution in [3.63, 3.8) is 0 Å². The molecule has 0 bridgehead atoms. The molecule has 3 atom stereocenters. The van der Waals surface area contributed by atoms with E-state index >= 15 is 0 Å². The molecule has 3 rings (SSSR count). The molecule has 22 heavy (non-hydrogen) atoms. The number of aromatic hydroxyl groups is 1. The number of phenolic OH excluding ortho intramolecular Hbond substituents is 1. The highest BCUT2D eigenvalue weighted by Crippen LogP contribution is 2.47. The maximum atomic E-state index is 12.5. The number of hydrogen-bond acceptors (Lipinski definition) is 2. The highest BCUT2D eigenvalue weighted by atomic mass is 16.3. The molecule has 0 aromatic heterocycles. The first kappa shape index (κ1) is 14.6. The number of nitrogens with one attached hydrogen (secondary N) is 1. The van der Waals surface area contributed by atoms with Crippen LogP contribution in [0, 0.1) is 5.92 Å². The number of phenols is 1. The second-order valence-electron chi connectivity index (χ2n) is 5.89. The van der Waals surface area contributed by atoms with Crippen LogP contribution in [-0.2, 0) is 4.79 Å². The molecule has 0 aliphatic heterocycles. The van der Waals surface area contributed by atoms with Crippen molar-refractivity contribution in [2.45, 2.75) is 31.7 Å². The molecule has 1 amide bonds. The molecule has 1 aliphatic carbocycles. The highest BCUT2D eigenvalue weighted by Gasteiger charge is 2.44. The molecule has 0 heterocycles. The maximum absolute atomic E-state index is 12.5. The van der Waals surface area contributed by atoms with Gasteiger partial charge in [-0.2, -0.15) is 0 Å². The lowest BCUT2D eigenvalue weighted by molar-refractivity contribution is -0.123. The minimum atomic E-state index is -0.134. The van der Waals surface area contributed by atoms with E-state index in [1.165, 1.54) is 5.56 Å². The Bertz CT molecular complexity index is 653. The van der Waals surface area contributed by atoms with Crippen LogP contribution in [0.25, 0.3) is 0 Å². The highest BCUT2D eigenvalue weighted by molar-refractivity contribution is 5.83. The summed E-state index contributed by atoms with van der Waals surface area (Å²) in [7, 11) is 0. The number of rotatable bonds is 5. The predicted octanol–water partition coefficient (Wildman–Crippen LogP) is 3.76. The quantitative estimate of drug-likeness (QED) is 0.882. The zero-order valence-corrected chi connectivity index (χ0v) is 12.7. The molecule has 3 nitrogen and oxygen atoms in total. The third kappa shape index (κ3) is 2.98. The number of amides is 1. The van der Waals surface area contributed by atoms with Crippen LogP contribution in [0.5, 0.6) is 5.75 Å². The van der Waals surface area contributed by atoms with Gasteiger partial charge in [-0.05, 0) is 30.4 Å². The van der Waals surface area contributed by atoms with E-state index in [2.05, 4.69) is 17.4 Å². The second kappa shape index (κ2) is 6.22. The molecule has 0 spiro atoms. The summed E-state index contributed by atoms with van der Waals surface area (Å²) in [5.74, 6) is 0.722. The first-order valence-electron chi connectivity index (χ1n) is 7.84. The Morgan fingerprint density at radius 2 is 1.86 bits per heavy atom. The van der Waals surface area contributed by atoms with E-state index in [4.69, 9.17) is 0 Å². The molecular formula is C19H21NO2. The largest absolute Gasteiger partial charge is 0.508 e. The Balaban J connectivity index is 1.66. The van der Waals surface area contributed by atoms with Crippen molar-refractivity contribution in [1.29, 1.82) is 0 Å². The Morgan fingerprint density at radius 3 is 2.55 bits per heavy atom. The third-order valence-corrected chi connectivity index (χ3v) is 4.39. The molecule has 114 valence electrons. The van der Waals surface area contributed by atoms with Gasteiger partial charge in [-0.25, -0.2) is 0 Å². The molecule has 2 aromatic carbocycles. The van der Waals surface area contributed by atoms with Crippen molar-refractivity contribution in [2.24, 2.45) is 5.92 Å². The van der Waals surface area contributed by atoms with Gasteiger partial charge < -0.3 is 10.4 Å². The average molecular weight is 295 g/mol. The second-order valence-corrected chi connectivity index (χ2v) is 5.89. The van der Waals surface area contributed by atoms with Crippen LogP contribution < -0.4 is 5.32 Å². The fourth-order valence-corrected chi connectivity index (χ4v) is 3.01. The van der Waals surface area contributed by atoms with Gasteiger partial charge >= 0.3 is 0 Å². The van der Waals surface area contributed by atoms with Crippen molar-refractivity contribution in [3.8, 4) is 5.75 Å². The zero-order chi connectivity index (χ0) is 15.5. The van der Waals surface area contributed by atoms with E-state index in [0.717, 1.165) is 18.4 Å². The summed E-state index contributed by atoms with van der Waals surface area (Å²) in [6.45, 7) is 2.01. The van der Waals surface area contributed by atoms with E-state index in [-0.39, 0.29) is 23.6 Å². The standard InChI is InChI=1S/C19H21NO2/c1-2-17(14-10-6-7-11-18(14)21)20-19(22)16-12-15(16)13-8-4-3-5-9-13/h3-11,15-17,21H,2,12H2,1H3,(H,20,22)/t15-,16+,17?/m0/s1. The summed E-state index contributed by atoms with van der Waals surface area (Å²) >= 11 is 0. The third-order valence-electron chi connectivity index (χ3n) is 4.39. The Kier molecular flexibility index (Phi) is 4.14. The van der Waals surface area contributed by atoms with Gasteiger partial charge in [-0.15, -0.1) is 0 Å². The van der Waals surface area contributed by atoms with Gasteiger partial charge in [-0.3, -0.25) is 4.79 Å². The fourth-order valence-electron chi connectivity index (χ4n) is 3.01. The molecule has 2 N–H and O–H groups in total. The van der Waals surface area contributed by atoms with Gasteiger partial charge in [0.25, 0.3) is 0 Å². The van der Waals surface area contributed by atoms with Gasteiger partial charge in [0, 0.05) is 11.5 Å². The van der Waals surface area contributed by atoms with Crippen molar-refractivity contribution in [3.05, 3.63) is 65.7 Å². The molecule has 0 radical (unpaired) electrons. The average Bonchev–Trinajstić information content (AvgIpc) is 3.35. The van der Waals surface area contributed by atoms with Crippen molar-refractivity contribution in [1.82, 2.24) is 5.32 Å². The maximum Gasteiger partial charge on any atom is 0.224 e. The van der Waals surface area contributed by atoms with Crippen LogP contribution in [0.3, 0.4) is 0 Å². The fraction of sp³-hybridized carbons (Fsp3) is 0.316. The van der Waals surface area contributed by atoms with Crippen LogP contribution in [0.15, 0.2) is 54.6 Å². The molecule has 1 unspecified atom stereocenters. The summed E-state index contributed by atoms with van der Waals surface area (Å²) in [6, 6.07) is 17.2. The van der Waals surface area contributed by atoms with Gasteiger partial charge in [0.15, 0.2) is 0 Å². The van der Waals surface area contributed by atoms with Crippen LogP contribution in [0.1, 0.15) is 42.9 Å². The molecule has 1 aliphatic rings. The van der Waals surface area contributed by atoms with Gasteiger partial charge in [0.05, 0.1) is 6.04 Å². The number of carbonyl (C=O) groups excluding carboxylic acids is 1. The van der Waals surface area contributed by atoms with Crippen LogP contribution >= 0.6 is 0 Å². The van der Waals surface area contributed by atoms with Crippen LogP contribution in [0.4, 0.5) is 0 Å². The summed E-state index contributed by atoms with van der Waals surface area (Å²) in [6.07, 6.45) is 1.67. The Hall–Kier alpha value is -2.29. The lowest BCUT2D eigenvalue weighted by Crippen LogP contribution is -2.29. The monoisotopic (exact) mass is 295 g/mol. The molecule has 2 aromatic rings. The van der Waals surface area contributed by atoms with E-state index in [1.54, 1.807) is 12.1 Å². The zero-order valence-electron chi connectivity index (χ0n) is 12.7. The topological polar surface area (TPSA) is 49.3 Å². The molecule has 1 fully saturated rings. The van der Waals surface area contributed by atoms with Gasteiger partial charge in [0.2, 0.25) is 5.91 Å². The lowest BCUT2D eigenvalue weighted by atomic mass is 10.0. The summed E-state index contributed by atoms with van der Waals surface area (Å²) < 4.78 is 0. The SMILES string of the molecule is CCC(NC(=O)[C@@H]1C[C@H]1c1ccccc1)c1ccccc1O. The smallest absolute Gasteiger partial charge is 0.224 e. The normalized spacial score (nSPS) is 21.1. The Morgan fingerprint density at radius 1 is 1.18 bits per heavy atom. The van der Waals surface area contributed by atoms with E-state index in [0.29, 0.717) is 5.92 Å². The van der Waals surface area contributed by atoms with E-state index < -0.39 is 0 Å². The molecule has 3 heteroatoms. The van der Waals surface area contributed by atoms with Crippen LogP contribution in [0.2, 0.25) is 0 Å². The summed E-state index contributed by atoms with van der Waals surface area (Å²) in [5, 5.41) is 13.0. The van der Waals surface area contributed by atoms with E-state index in [1.807, 2.05) is 37.3 Å². The predicted molar refractivity (Wildman–Crippen MR) is 86.6 cm³/mol. The number of para-hydroxylation sites is 1. The number of hydrogen-bond donors (Lipinski definition) is 2. The van der Waals surface area contributed by atoms with Crippen molar-refractivity contribution in [2.75, 3.05) is 0 Å². The molecule has 0 saturated heterocycles. The van der Waals surface area contributed by atoms with Gasteiger partial charge in [0.1, 0.15) is 5.75 Å². The van der Waals surface area contributed by atoms with Crippen molar-refractivity contribution < 1.29 is 9.90 Å². The molecule has 1 saturated carbocycles. The van der Waals surface area contributed by atoms with Gasteiger partial charge in [-0.1, -0.05) is 55.5 Å². The minimum absolute atomic E-state index is 0.0577. The van der Waals surface area contributed by atoms with E-state index in [9.17, 15) is 9.90 Å². The van der Waals surface area contributed by atoms with Crippen LogP contribution in [-0.4, -0.2) is 11.0 Å². The minimum Gasteiger partial charge on any atom is -0.508 e. The first-order chi connectivity index (χ1) is 10.7. The molecular weight excluding hydrogens is 274 g/mol. The number of benzene rings is 2. The first-order valence-corrected chi connectivity index (χ1v) is 7.84. The Labute approximate surface area is 131 Å².